The molecule has 4 aliphatic heterocycles. The number of ether oxygens (including phenoxy) is 1. The van der Waals surface area contributed by atoms with Gasteiger partial charge in [0.15, 0.2) is 0 Å². The van der Waals surface area contributed by atoms with Gasteiger partial charge in [-0.05, 0) is 74.3 Å². The number of carboxylic acid groups (broad SMARTS) is 1. The summed E-state index contributed by atoms with van der Waals surface area (Å²) in [4.78, 5) is 110. The van der Waals surface area contributed by atoms with E-state index in [9.17, 15) is 60.3 Å². The molecule has 2 aromatic carbocycles. The van der Waals surface area contributed by atoms with Crippen LogP contribution in [0.3, 0.4) is 0 Å². The van der Waals surface area contributed by atoms with Crippen molar-refractivity contribution in [3.8, 4) is 0 Å². The molecule has 0 radical (unpaired) electrons. The number of fused-ring (bicyclic) bond motifs is 2. The van der Waals surface area contributed by atoms with Crippen molar-refractivity contribution in [1.29, 1.82) is 0 Å². The number of esters is 1. The fraction of sp³-hybridized carbons (Fsp3) is 0.672. The molecule has 0 aromatic heterocycles. The number of hydrogen-bond donors (Lipinski definition) is 5. The first-order valence-electron chi connectivity index (χ1n) is 30.5. The molecule has 0 bridgehead atoms. The zero-order valence-corrected chi connectivity index (χ0v) is 52.0. The molecule has 4 heterocycles. The van der Waals surface area contributed by atoms with Gasteiger partial charge < -0.3 is 40.9 Å². The van der Waals surface area contributed by atoms with Crippen LogP contribution in [-0.2, 0) is 76.0 Å². The minimum absolute atomic E-state index is 0.0254. The molecule has 24 heteroatoms. The predicted octanol–water partition coefficient (Wildman–Crippen LogP) is 3.63. The molecule has 0 unspecified atom stereocenters. The maximum Gasteiger partial charge on any atom is 0.328 e. The van der Waals surface area contributed by atoms with Crippen molar-refractivity contribution in [2.45, 2.75) is 179 Å². The van der Waals surface area contributed by atoms with Gasteiger partial charge in [-0.1, -0.05) is 127 Å². The second kappa shape index (κ2) is 29.6. The highest BCUT2D eigenvalue weighted by Crippen LogP contribution is 2.41. The van der Waals surface area contributed by atoms with Gasteiger partial charge in [-0.3, -0.25) is 28.8 Å². The third-order valence-corrected chi connectivity index (χ3v) is 21.3. The molecule has 4 saturated heterocycles. The smallest absolute Gasteiger partial charge is 0.328 e. The van der Waals surface area contributed by atoms with Crippen LogP contribution in [0.5, 0.6) is 0 Å². The summed E-state index contributed by atoms with van der Waals surface area (Å²) in [6, 6.07) is 11.8. The topological polar surface area (TPSA) is 295 Å². The Morgan fingerprint density at radius 3 is 1.26 bits per heavy atom. The van der Waals surface area contributed by atoms with Crippen LogP contribution >= 0.6 is 0 Å². The SMILES string of the molecule is CC[C@@H](C)C(=O)N[C@H](C(=O)N1CC[C@@H]2[C@H]1[C@@H](C(=O)N[C@@H](Cc1ccccc1)C(=O)O)CN2S(C)(=O)=O)C1CCCCC1.CC[C@@H](C)C(=O)N[C@H](C(=O)N1CC[C@@H]2[C@H]1[C@@H](C(=O)N[C@@H](Cc1ccccc1)C(=O)OC)CN2S(C)(=O)=O)C1CCCCC1. The average Bonchev–Trinajstić information content (AvgIpc) is 2.75. The first-order valence-corrected chi connectivity index (χ1v) is 34.2. The highest BCUT2D eigenvalue weighted by Gasteiger charge is 2.58. The molecule has 2 aromatic rings. The van der Waals surface area contributed by atoms with E-state index >= 15 is 0 Å². The lowest BCUT2D eigenvalue weighted by molar-refractivity contribution is -0.146. The van der Waals surface area contributed by atoms with Crippen LogP contribution in [0, 0.1) is 35.5 Å². The number of benzene rings is 2. The molecule has 8 rings (SSSR count). The van der Waals surface area contributed by atoms with Crippen LogP contribution in [0.2, 0.25) is 0 Å². The molecular formula is C61H90N8O14S2. The first-order chi connectivity index (χ1) is 40.4. The third-order valence-electron chi connectivity index (χ3n) is 18.7. The lowest BCUT2D eigenvalue weighted by atomic mass is 9.82. The van der Waals surface area contributed by atoms with Crippen molar-refractivity contribution >= 4 is 67.4 Å². The van der Waals surface area contributed by atoms with E-state index in [1.807, 2.05) is 64.1 Å². The van der Waals surface area contributed by atoms with E-state index in [-0.39, 0.29) is 86.3 Å². The monoisotopic (exact) mass is 1220 g/mol. The summed E-state index contributed by atoms with van der Waals surface area (Å²) in [6.07, 6.45) is 13.7. The highest BCUT2D eigenvalue weighted by molar-refractivity contribution is 7.88. The molecule has 2 saturated carbocycles. The summed E-state index contributed by atoms with van der Waals surface area (Å²) in [5, 5.41) is 21.4. The van der Waals surface area contributed by atoms with Crippen LogP contribution in [0.15, 0.2) is 60.7 Å². The Labute approximate surface area is 501 Å². The fourth-order valence-corrected chi connectivity index (χ4v) is 15.9. The van der Waals surface area contributed by atoms with Crippen LogP contribution in [0.4, 0.5) is 0 Å². The standard InChI is InChI=1S/C31H46N4O7S.C30H44N4O7S/c1-5-20(2)28(36)33-26(22-14-10-7-11-15-22)30(38)34-17-16-25-27(34)23(19-35(25)43(4,40)41)29(37)32-24(31(39)42-3)18-21-12-8-6-9-13-21;1-4-19(2)27(35)32-25(21-13-9-6-10-14-21)29(37)33-16-15-24-26(33)22(18-34(24)42(3,40)41)28(36)31-23(30(38)39)17-20-11-7-5-8-12-20/h6,8-9,12-13,20,22-27H,5,7,10-11,14-19H2,1-4H3,(H,32,37)(H,33,36);5,7-8,11-12,19,21-26H,4,6,9-10,13-18H2,1-3H3,(H,31,36)(H,32,35)(H,38,39)/t20-,23+,24+,25-,26+,27-;19-,22+,23+,24-,25+,26-/m11/s1. The number of sulfonamides is 2. The van der Waals surface area contributed by atoms with Crippen molar-refractivity contribution in [3.63, 3.8) is 0 Å². The summed E-state index contributed by atoms with van der Waals surface area (Å²) in [6.45, 7) is 7.77. The van der Waals surface area contributed by atoms with Crippen LogP contribution < -0.4 is 21.3 Å². The molecule has 2 aliphatic carbocycles. The van der Waals surface area contributed by atoms with Gasteiger partial charge in [-0.25, -0.2) is 26.4 Å². The Morgan fingerprint density at radius 1 is 0.553 bits per heavy atom. The maximum atomic E-state index is 14.3. The number of carboxylic acids is 1. The number of methoxy groups -OCH3 is 1. The Hall–Kier alpha value is -5.98. The van der Waals surface area contributed by atoms with E-state index in [4.69, 9.17) is 4.74 Å². The van der Waals surface area contributed by atoms with Gasteiger partial charge in [0.1, 0.15) is 24.2 Å². The Morgan fingerprint density at radius 2 is 0.918 bits per heavy atom. The van der Waals surface area contributed by atoms with Crippen molar-refractivity contribution in [2.75, 3.05) is 45.8 Å². The second-order valence-electron chi connectivity index (χ2n) is 24.4. The number of hydrogen-bond acceptors (Lipinski definition) is 13. The molecule has 85 heavy (non-hydrogen) atoms. The van der Waals surface area contributed by atoms with Crippen LogP contribution in [-0.4, -0.2) is 182 Å². The van der Waals surface area contributed by atoms with E-state index in [1.165, 1.54) is 15.7 Å². The Kier molecular flexibility index (Phi) is 23.2. The average molecular weight is 1220 g/mol. The van der Waals surface area contributed by atoms with E-state index in [0.717, 1.165) is 87.8 Å². The minimum atomic E-state index is -3.71. The molecule has 6 aliphatic rings. The molecule has 12 atom stereocenters. The fourth-order valence-electron chi connectivity index (χ4n) is 13.6. The predicted molar refractivity (Wildman–Crippen MR) is 318 cm³/mol. The largest absolute Gasteiger partial charge is 0.480 e. The summed E-state index contributed by atoms with van der Waals surface area (Å²) in [5.74, 6) is -6.29. The molecule has 6 amide bonds. The van der Waals surface area contributed by atoms with Gasteiger partial charge in [0, 0.05) is 62.9 Å². The number of likely N-dealkylation sites (tertiary alicyclic amines) is 2. The molecule has 470 valence electrons. The number of rotatable bonds is 22. The highest BCUT2D eigenvalue weighted by atomic mass is 32.2. The molecular weight excluding hydrogens is 1130 g/mol. The normalized spacial score (nSPS) is 25.1. The van der Waals surface area contributed by atoms with Gasteiger partial charge >= 0.3 is 11.9 Å². The van der Waals surface area contributed by atoms with Crippen molar-refractivity contribution < 1.29 is 65.0 Å². The van der Waals surface area contributed by atoms with E-state index in [2.05, 4.69) is 21.3 Å². The number of carbonyl (C=O) groups excluding carboxylic acids is 7. The van der Waals surface area contributed by atoms with E-state index in [0.29, 0.717) is 25.7 Å². The van der Waals surface area contributed by atoms with Gasteiger partial charge in [-0.15, -0.1) is 0 Å². The first kappa shape index (κ1) is 66.5. The lowest BCUT2D eigenvalue weighted by Crippen LogP contribution is -2.57. The zero-order chi connectivity index (χ0) is 61.9. The van der Waals surface area contributed by atoms with Crippen LogP contribution in [0.25, 0.3) is 0 Å². The summed E-state index contributed by atoms with van der Waals surface area (Å²) in [7, 11) is -6.15. The zero-order valence-electron chi connectivity index (χ0n) is 50.4. The number of nitrogens with one attached hydrogen (secondary N) is 4. The lowest BCUT2D eigenvalue weighted by Gasteiger charge is -2.36. The maximum absolute atomic E-state index is 14.3. The van der Waals surface area contributed by atoms with Gasteiger partial charge in [0.05, 0.1) is 43.5 Å². The van der Waals surface area contributed by atoms with E-state index < -0.39 is 104 Å². The Bertz CT molecular complexity index is 2910. The summed E-state index contributed by atoms with van der Waals surface area (Å²) >= 11 is 0. The molecule has 22 nitrogen and oxygen atoms in total. The van der Waals surface area contributed by atoms with Crippen molar-refractivity contribution in [1.82, 2.24) is 39.7 Å². The second-order valence-corrected chi connectivity index (χ2v) is 28.3. The number of nitrogens with zero attached hydrogens (tertiary/aromatic N) is 4. The van der Waals surface area contributed by atoms with Crippen LogP contribution in [0.1, 0.15) is 129 Å². The third kappa shape index (κ3) is 16.4. The quantitative estimate of drug-likeness (QED) is 0.105. The van der Waals surface area contributed by atoms with Crippen molar-refractivity contribution in [2.24, 2.45) is 35.5 Å². The summed E-state index contributed by atoms with van der Waals surface area (Å²) < 4.78 is 58.8. The minimum Gasteiger partial charge on any atom is -0.480 e. The van der Waals surface area contributed by atoms with Gasteiger partial charge in [-0.2, -0.15) is 8.61 Å². The van der Waals surface area contributed by atoms with Gasteiger partial charge in [0.25, 0.3) is 0 Å². The Balaban J connectivity index is 0.000000244. The number of amides is 6. The molecule has 0 spiro atoms. The number of carbonyl (C=O) groups is 8. The molecule has 6 fully saturated rings. The van der Waals surface area contributed by atoms with Crippen molar-refractivity contribution in [3.05, 3.63) is 71.8 Å². The summed E-state index contributed by atoms with van der Waals surface area (Å²) in [5.41, 5.74) is 1.56. The number of aliphatic carboxylic acids is 1. The van der Waals surface area contributed by atoms with E-state index in [1.54, 1.807) is 34.1 Å². The molecule has 5 N–H and O–H groups in total. The van der Waals surface area contributed by atoms with Gasteiger partial charge in [0.2, 0.25) is 55.5 Å².